The van der Waals surface area contributed by atoms with Crippen LogP contribution < -0.4 is 9.47 Å². The van der Waals surface area contributed by atoms with Crippen molar-refractivity contribution in [2.75, 3.05) is 6.79 Å². The molecule has 1 aliphatic rings. The second-order valence-corrected chi connectivity index (χ2v) is 2.89. The fourth-order valence-electron chi connectivity index (χ4n) is 1.32. The average molecular weight is 208 g/mol. The van der Waals surface area contributed by atoms with Crippen LogP contribution in [0.1, 0.15) is 25.8 Å². The molecule has 0 bridgehead atoms. The van der Waals surface area contributed by atoms with Crippen LogP contribution in [0.15, 0.2) is 18.2 Å². The first-order valence-electron chi connectivity index (χ1n) is 5.22. The smallest absolute Gasteiger partial charge is 0.231 e. The highest BCUT2D eigenvalue weighted by Gasteiger charge is 2.12. The Balaban J connectivity index is 0.000000531. The van der Waals surface area contributed by atoms with Crippen LogP contribution in [0, 0.1) is 0 Å². The van der Waals surface area contributed by atoms with Crippen molar-refractivity contribution in [2.24, 2.45) is 0 Å². The van der Waals surface area contributed by atoms with E-state index < -0.39 is 0 Å². The van der Waals surface area contributed by atoms with Crippen LogP contribution in [-0.4, -0.2) is 13.1 Å². The van der Waals surface area contributed by atoms with Gasteiger partial charge < -0.3 is 14.3 Å². The molecule has 0 fully saturated rings. The number of aldehydes is 1. The molecule has 3 heteroatoms. The van der Waals surface area contributed by atoms with Gasteiger partial charge in [-0.05, 0) is 24.1 Å². The highest BCUT2D eigenvalue weighted by atomic mass is 16.7. The Hall–Kier alpha value is -1.51. The van der Waals surface area contributed by atoms with Crippen molar-refractivity contribution in [3.05, 3.63) is 23.8 Å². The zero-order valence-electron chi connectivity index (χ0n) is 9.16. The number of benzene rings is 1. The summed E-state index contributed by atoms with van der Waals surface area (Å²) in [6.07, 6.45) is 2.24. The summed E-state index contributed by atoms with van der Waals surface area (Å²) in [5.74, 6) is 1.57. The molecular formula is C12H16O3. The Morgan fingerprint density at radius 2 is 2.00 bits per heavy atom. The average Bonchev–Trinajstić information content (AvgIpc) is 2.76. The highest BCUT2D eigenvalue weighted by Crippen LogP contribution is 2.32. The summed E-state index contributed by atoms with van der Waals surface area (Å²) in [5.41, 5.74) is 1.11. The predicted molar refractivity (Wildman–Crippen MR) is 58.3 cm³/mol. The van der Waals surface area contributed by atoms with Gasteiger partial charge in [0.25, 0.3) is 0 Å². The fourth-order valence-corrected chi connectivity index (χ4v) is 1.32. The van der Waals surface area contributed by atoms with Gasteiger partial charge in [0.2, 0.25) is 6.79 Å². The van der Waals surface area contributed by atoms with E-state index >= 15 is 0 Å². The lowest BCUT2D eigenvalue weighted by molar-refractivity contribution is -0.107. The minimum Gasteiger partial charge on any atom is -0.454 e. The second-order valence-electron chi connectivity index (χ2n) is 2.89. The number of ether oxygens (including phenoxy) is 2. The Labute approximate surface area is 90.0 Å². The molecule has 0 saturated carbocycles. The maximum absolute atomic E-state index is 10.2. The summed E-state index contributed by atoms with van der Waals surface area (Å²) < 4.78 is 10.4. The lowest BCUT2D eigenvalue weighted by Gasteiger charge is -1.99. The minimum atomic E-state index is 0.298. The van der Waals surface area contributed by atoms with Gasteiger partial charge in [0.15, 0.2) is 11.5 Å². The molecule has 1 aliphatic heterocycles. The van der Waals surface area contributed by atoms with Crippen molar-refractivity contribution in [3.63, 3.8) is 0 Å². The van der Waals surface area contributed by atoms with Crippen LogP contribution in [0.5, 0.6) is 11.5 Å². The second kappa shape index (κ2) is 6.06. The predicted octanol–water partition coefficient (Wildman–Crippen LogP) is 2.57. The van der Waals surface area contributed by atoms with Gasteiger partial charge in [-0.1, -0.05) is 19.9 Å². The normalized spacial score (nSPS) is 11.6. The van der Waals surface area contributed by atoms with Gasteiger partial charge in [0.1, 0.15) is 6.29 Å². The summed E-state index contributed by atoms with van der Waals surface area (Å²) in [6, 6.07) is 5.76. The quantitative estimate of drug-likeness (QED) is 0.716. The van der Waals surface area contributed by atoms with Crippen LogP contribution in [0.25, 0.3) is 0 Å². The van der Waals surface area contributed by atoms with Crippen molar-refractivity contribution in [1.29, 1.82) is 0 Å². The molecule has 0 radical (unpaired) electrons. The van der Waals surface area contributed by atoms with Gasteiger partial charge in [-0.2, -0.15) is 0 Å². The molecule has 0 spiro atoms. The maximum Gasteiger partial charge on any atom is 0.231 e. The van der Waals surface area contributed by atoms with E-state index in [2.05, 4.69) is 0 Å². The SMILES string of the molecule is CC.O=CCCc1ccc2c(c1)OCO2. The number of hydrogen-bond donors (Lipinski definition) is 0. The third-order valence-electron chi connectivity index (χ3n) is 1.99. The van der Waals surface area contributed by atoms with Crippen LogP contribution in [-0.2, 0) is 11.2 Å². The summed E-state index contributed by atoms with van der Waals surface area (Å²) in [7, 11) is 0. The van der Waals surface area contributed by atoms with Crippen molar-refractivity contribution in [2.45, 2.75) is 26.7 Å². The largest absolute Gasteiger partial charge is 0.454 e. The van der Waals surface area contributed by atoms with Gasteiger partial charge in [-0.15, -0.1) is 0 Å². The summed E-state index contributed by atoms with van der Waals surface area (Å²) >= 11 is 0. The van der Waals surface area contributed by atoms with E-state index in [9.17, 15) is 4.79 Å². The molecule has 0 atom stereocenters. The lowest BCUT2D eigenvalue weighted by Crippen LogP contribution is -1.93. The third-order valence-corrected chi connectivity index (χ3v) is 1.99. The zero-order chi connectivity index (χ0) is 11.1. The number of rotatable bonds is 3. The Kier molecular flexibility index (Phi) is 4.68. The van der Waals surface area contributed by atoms with Crippen molar-refractivity contribution >= 4 is 6.29 Å². The molecule has 0 N–H and O–H groups in total. The van der Waals surface area contributed by atoms with E-state index in [1.807, 2.05) is 32.0 Å². The molecule has 0 unspecified atom stereocenters. The van der Waals surface area contributed by atoms with Crippen LogP contribution in [0.3, 0.4) is 0 Å². The standard InChI is InChI=1S/C10H10O3.C2H6/c11-5-1-2-8-3-4-9-10(6-8)13-7-12-9;1-2/h3-6H,1-2,7H2;1-2H3. The minimum absolute atomic E-state index is 0.298. The van der Waals surface area contributed by atoms with E-state index in [4.69, 9.17) is 9.47 Å². The van der Waals surface area contributed by atoms with E-state index in [1.54, 1.807) is 0 Å². The van der Waals surface area contributed by atoms with Gasteiger partial charge in [-0.25, -0.2) is 0 Å². The molecule has 1 aromatic carbocycles. The molecule has 82 valence electrons. The van der Waals surface area contributed by atoms with Crippen LogP contribution >= 0.6 is 0 Å². The van der Waals surface area contributed by atoms with E-state index in [-0.39, 0.29) is 0 Å². The van der Waals surface area contributed by atoms with E-state index in [1.165, 1.54) is 0 Å². The summed E-state index contributed by atoms with van der Waals surface area (Å²) in [4.78, 5) is 10.2. The topological polar surface area (TPSA) is 35.5 Å². The number of fused-ring (bicyclic) bond motifs is 1. The van der Waals surface area contributed by atoms with Gasteiger partial charge >= 0.3 is 0 Å². The van der Waals surface area contributed by atoms with E-state index in [0.29, 0.717) is 13.2 Å². The summed E-state index contributed by atoms with van der Waals surface area (Å²) in [6.45, 7) is 4.30. The summed E-state index contributed by atoms with van der Waals surface area (Å²) in [5, 5.41) is 0. The molecule has 3 nitrogen and oxygen atoms in total. The van der Waals surface area contributed by atoms with Crippen LogP contribution in [0.4, 0.5) is 0 Å². The molecule has 0 amide bonds. The first kappa shape index (κ1) is 11.6. The number of hydrogen-bond acceptors (Lipinski definition) is 3. The Bertz CT molecular complexity index is 321. The Morgan fingerprint density at radius 1 is 1.27 bits per heavy atom. The van der Waals surface area contributed by atoms with Gasteiger partial charge in [-0.3, -0.25) is 0 Å². The molecular weight excluding hydrogens is 192 g/mol. The molecule has 0 aromatic heterocycles. The van der Waals surface area contributed by atoms with Crippen LogP contribution in [0.2, 0.25) is 0 Å². The fraction of sp³-hybridized carbons (Fsp3) is 0.417. The molecule has 1 heterocycles. The van der Waals surface area contributed by atoms with Gasteiger partial charge in [0.05, 0.1) is 0 Å². The van der Waals surface area contributed by atoms with Crippen molar-refractivity contribution in [3.8, 4) is 11.5 Å². The molecule has 0 aliphatic carbocycles. The van der Waals surface area contributed by atoms with Crippen molar-refractivity contribution in [1.82, 2.24) is 0 Å². The third kappa shape index (κ3) is 2.98. The zero-order valence-corrected chi connectivity index (χ0v) is 9.16. The molecule has 15 heavy (non-hydrogen) atoms. The van der Waals surface area contributed by atoms with Crippen molar-refractivity contribution < 1.29 is 14.3 Å². The van der Waals surface area contributed by atoms with Gasteiger partial charge in [0, 0.05) is 6.42 Å². The number of carbonyl (C=O) groups is 1. The lowest BCUT2D eigenvalue weighted by atomic mass is 10.1. The number of carbonyl (C=O) groups excluding carboxylic acids is 1. The molecule has 0 saturated heterocycles. The number of aryl methyl sites for hydroxylation is 1. The molecule has 2 rings (SSSR count). The maximum atomic E-state index is 10.2. The highest BCUT2D eigenvalue weighted by molar-refractivity contribution is 5.51. The first-order chi connectivity index (χ1) is 7.40. The molecule has 1 aromatic rings. The monoisotopic (exact) mass is 208 g/mol. The van der Waals surface area contributed by atoms with E-state index in [0.717, 1.165) is 29.8 Å². The first-order valence-corrected chi connectivity index (χ1v) is 5.22. The Morgan fingerprint density at radius 3 is 2.73 bits per heavy atom.